The van der Waals surface area contributed by atoms with Crippen LogP contribution in [0.3, 0.4) is 0 Å². The van der Waals surface area contributed by atoms with E-state index in [1.165, 1.54) is 51.4 Å². The molecule has 0 radical (unpaired) electrons. The predicted molar refractivity (Wildman–Crippen MR) is 72.2 cm³/mol. The van der Waals surface area contributed by atoms with E-state index in [0.29, 0.717) is 6.04 Å². The van der Waals surface area contributed by atoms with Crippen molar-refractivity contribution in [3.05, 3.63) is 0 Å². The lowest BCUT2D eigenvalue weighted by molar-refractivity contribution is -0.0744. The van der Waals surface area contributed by atoms with E-state index in [9.17, 15) is 0 Å². The zero-order valence-corrected chi connectivity index (χ0v) is 11.6. The second-order valence-electron chi connectivity index (χ2n) is 5.78. The summed E-state index contributed by atoms with van der Waals surface area (Å²) in [6.45, 7) is 6.33. The van der Waals surface area contributed by atoms with E-state index in [-0.39, 0.29) is 5.60 Å². The van der Waals surface area contributed by atoms with E-state index < -0.39 is 0 Å². The zero-order chi connectivity index (χ0) is 12.1. The van der Waals surface area contributed by atoms with Crippen LogP contribution < -0.4 is 5.32 Å². The fourth-order valence-corrected chi connectivity index (χ4v) is 4.10. The summed E-state index contributed by atoms with van der Waals surface area (Å²) in [5.74, 6) is 0.861. The lowest BCUT2D eigenvalue weighted by Crippen LogP contribution is -2.54. The molecule has 0 aromatic rings. The van der Waals surface area contributed by atoms with Crippen molar-refractivity contribution in [2.75, 3.05) is 13.2 Å². The van der Waals surface area contributed by atoms with Crippen LogP contribution in [0.1, 0.15) is 65.2 Å². The van der Waals surface area contributed by atoms with Gasteiger partial charge in [0.15, 0.2) is 0 Å². The van der Waals surface area contributed by atoms with E-state index in [1.807, 2.05) is 0 Å². The first-order valence-corrected chi connectivity index (χ1v) is 7.69. The maximum absolute atomic E-state index is 6.26. The summed E-state index contributed by atoms with van der Waals surface area (Å²) < 4.78 is 6.26. The number of nitrogens with one attached hydrogen (secondary N) is 1. The molecule has 2 heteroatoms. The Morgan fingerprint density at radius 2 is 1.76 bits per heavy atom. The average Bonchev–Trinajstić information content (AvgIpc) is 2.98. The minimum atomic E-state index is 0.166. The summed E-state index contributed by atoms with van der Waals surface area (Å²) in [6.07, 6.45) is 10.9. The van der Waals surface area contributed by atoms with Crippen molar-refractivity contribution in [1.82, 2.24) is 5.32 Å². The molecule has 2 fully saturated rings. The van der Waals surface area contributed by atoms with Crippen LogP contribution in [0.4, 0.5) is 0 Å². The molecule has 2 nitrogen and oxygen atoms in total. The van der Waals surface area contributed by atoms with E-state index >= 15 is 0 Å². The molecule has 2 rings (SSSR count). The van der Waals surface area contributed by atoms with Gasteiger partial charge < -0.3 is 10.1 Å². The lowest BCUT2D eigenvalue weighted by Gasteiger charge is -2.41. The van der Waals surface area contributed by atoms with Crippen molar-refractivity contribution >= 4 is 0 Å². The summed E-state index contributed by atoms with van der Waals surface area (Å²) >= 11 is 0. The van der Waals surface area contributed by atoms with Crippen molar-refractivity contribution in [2.45, 2.75) is 76.9 Å². The van der Waals surface area contributed by atoms with Crippen LogP contribution in [-0.4, -0.2) is 24.8 Å². The van der Waals surface area contributed by atoms with Crippen molar-refractivity contribution in [3.8, 4) is 0 Å². The molecule has 1 N–H and O–H groups in total. The van der Waals surface area contributed by atoms with Gasteiger partial charge in [-0.1, -0.05) is 32.6 Å². The van der Waals surface area contributed by atoms with Gasteiger partial charge in [-0.05, 0) is 45.1 Å². The van der Waals surface area contributed by atoms with E-state index in [1.54, 1.807) is 0 Å². The van der Waals surface area contributed by atoms with Gasteiger partial charge in [0.2, 0.25) is 0 Å². The molecule has 2 aliphatic carbocycles. The fraction of sp³-hybridized carbons (Fsp3) is 1.00. The van der Waals surface area contributed by atoms with Crippen LogP contribution in [0, 0.1) is 5.92 Å². The van der Waals surface area contributed by atoms with Crippen molar-refractivity contribution in [1.29, 1.82) is 0 Å². The van der Waals surface area contributed by atoms with Crippen LogP contribution in [0.2, 0.25) is 0 Å². The van der Waals surface area contributed by atoms with Crippen LogP contribution in [0.25, 0.3) is 0 Å². The molecule has 1 atom stereocenters. The molecular weight excluding hydrogens is 210 g/mol. The maximum Gasteiger partial charge on any atom is 0.0837 e. The van der Waals surface area contributed by atoms with Gasteiger partial charge in [-0.15, -0.1) is 0 Å². The van der Waals surface area contributed by atoms with Gasteiger partial charge in [0.25, 0.3) is 0 Å². The Labute approximate surface area is 107 Å². The van der Waals surface area contributed by atoms with Gasteiger partial charge in [0.05, 0.1) is 5.60 Å². The zero-order valence-electron chi connectivity index (χ0n) is 11.6. The molecule has 0 heterocycles. The van der Waals surface area contributed by atoms with Crippen LogP contribution in [0.15, 0.2) is 0 Å². The third kappa shape index (κ3) is 2.85. The normalized spacial score (nSPS) is 26.5. The monoisotopic (exact) mass is 239 g/mol. The smallest absolute Gasteiger partial charge is 0.0837 e. The van der Waals surface area contributed by atoms with Crippen LogP contribution in [0.5, 0.6) is 0 Å². The quantitative estimate of drug-likeness (QED) is 0.766. The van der Waals surface area contributed by atoms with Crippen LogP contribution in [-0.2, 0) is 4.74 Å². The molecule has 0 aromatic carbocycles. The van der Waals surface area contributed by atoms with E-state index in [2.05, 4.69) is 19.2 Å². The fourth-order valence-electron chi connectivity index (χ4n) is 4.10. The number of rotatable bonds is 6. The molecule has 1 unspecified atom stereocenters. The van der Waals surface area contributed by atoms with Gasteiger partial charge in [-0.25, -0.2) is 0 Å². The van der Waals surface area contributed by atoms with Gasteiger partial charge in [-0.3, -0.25) is 0 Å². The largest absolute Gasteiger partial charge is 0.374 e. The minimum absolute atomic E-state index is 0.166. The summed E-state index contributed by atoms with van der Waals surface area (Å²) in [4.78, 5) is 0. The topological polar surface area (TPSA) is 21.3 Å². The summed E-state index contributed by atoms with van der Waals surface area (Å²) in [6, 6.07) is 0.609. The molecular formula is C15H29NO. The predicted octanol–water partition coefficient (Wildman–Crippen LogP) is 3.50. The molecule has 100 valence electrons. The van der Waals surface area contributed by atoms with Crippen molar-refractivity contribution in [2.24, 2.45) is 5.92 Å². The molecule has 0 spiro atoms. The molecule has 0 saturated heterocycles. The lowest BCUT2D eigenvalue weighted by atomic mass is 9.81. The molecule has 17 heavy (non-hydrogen) atoms. The van der Waals surface area contributed by atoms with Gasteiger partial charge in [0, 0.05) is 12.6 Å². The minimum Gasteiger partial charge on any atom is -0.374 e. The second-order valence-corrected chi connectivity index (χ2v) is 5.78. The number of likely N-dealkylation sites (N-methyl/N-ethyl adjacent to an activating group) is 1. The third-order valence-corrected chi connectivity index (χ3v) is 4.74. The van der Waals surface area contributed by atoms with Crippen LogP contribution >= 0.6 is 0 Å². The Bertz CT molecular complexity index is 217. The highest BCUT2D eigenvalue weighted by Crippen LogP contribution is 2.42. The standard InChI is InChI=1S/C15H29NO/c1-3-16-14(13-9-5-6-10-13)15(17-4-2)11-7-8-12-15/h13-14,16H,3-12H2,1-2H3. The van der Waals surface area contributed by atoms with Crippen molar-refractivity contribution in [3.63, 3.8) is 0 Å². The number of hydrogen-bond acceptors (Lipinski definition) is 2. The second kappa shape index (κ2) is 6.19. The Morgan fingerprint density at radius 1 is 1.12 bits per heavy atom. The third-order valence-electron chi connectivity index (χ3n) is 4.74. The van der Waals surface area contributed by atoms with Gasteiger partial charge in [0.1, 0.15) is 0 Å². The van der Waals surface area contributed by atoms with E-state index in [4.69, 9.17) is 4.74 Å². The molecule has 0 amide bonds. The highest BCUT2D eigenvalue weighted by molar-refractivity contribution is 5.01. The first-order valence-electron chi connectivity index (χ1n) is 7.69. The highest BCUT2D eigenvalue weighted by atomic mass is 16.5. The number of hydrogen-bond donors (Lipinski definition) is 1. The first-order chi connectivity index (χ1) is 8.32. The summed E-state index contributed by atoms with van der Waals surface area (Å²) in [5, 5.41) is 3.77. The Morgan fingerprint density at radius 3 is 2.29 bits per heavy atom. The first kappa shape index (κ1) is 13.4. The molecule has 0 aromatic heterocycles. The number of ether oxygens (including phenoxy) is 1. The SMILES string of the molecule is CCNC(C1CCCC1)C1(OCC)CCCC1. The summed E-state index contributed by atoms with van der Waals surface area (Å²) in [5.41, 5.74) is 0.166. The molecule has 2 aliphatic rings. The van der Waals surface area contributed by atoms with E-state index in [0.717, 1.165) is 19.1 Å². The maximum atomic E-state index is 6.26. The highest BCUT2D eigenvalue weighted by Gasteiger charge is 2.45. The Balaban J connectivity index is 2.10. The molecule has 0 aliphatic heterocycles. The Kier molecular flexibility index (Phi) is 4.87. The average molecular weight is 239 g/mol. The van der Waals surface area contributed by atoms with Gasteiger partial charge in [-0.2, -0.15) is 0 Å². The molecule has 0 bridgehead atoms. The summed E-state index contributed by atoms with van der Waals surface area (Å²) in [7, 11) is 0. The molecule has 2 saturated carbocycles. The Hall–Kier alpha value is -0.0800. The van der Waals surface area contributed by atoms with Gasteiger partial charge >= 0.3 is 0 Å². The van der Waals surface area contributed by atoms with Crippen molar-refractivity contribution < 1.29 is 4.74 Å².